The normalized spacial score (nSPS) is 10.8. The topological polar surface area (TPSA) is 114 Å². The van der Waals surface area contributed by atoms with Gasteiger partial charge in [0.15, 0.2) is 0 Å². The molecule has 3 amide bonds. The van der Waals surface area contributed by atoms with Gasteiger partial charge in [-0.15, -0.1) is 0 Å². The van der Waals surface area contributed by atoms with Crippen LogP contribution in [0.25, 0.3) is 0 Å². The van der Waals surface area contributed by atoms with Crippen molar-refractivity contribution in [2.75, 3.05) is 25.5 Å². The SMILES string of the molecule is CN(C)C(=O)CN(C(=O)OC(C)(C)C)c1ccc(Oc2ccc(CCC(=O)NOC(=O)c3ccccc3)cc2)cc1. The van der Waals surface area contributed by atoms with Crippen molar-refractivity contribution in [3.8, 4) is 11.5 Å². The maximum Gasteiger partial charge on any atom is 0.415 e. The predicted octanol–water partition coefficient (Wildman–Crippen LogP) is 5.13. The molecule has 216 valence electrons. The van der Waals surface area contributed by atoms with Crippen molar-refractivity contribution < 1.29 is 33.5 Å². The molecule has 10 nitrogen and oxygen atoms in total. The van der Waals surface area contributed by atoms with Gasteiger partial charge < -0.3 is 19.2 Å². The van der Waals surface area contributed by atoms with Crippen molar-refractivity contribution >= 4 is 29.6 Å². The second-order valence-corrected chi connectivity index (χ2v) is 10.4. The lowest BCUT2D eigenvalue weighted by atomic mass is 10.1. The number of aryl methyl sites for hydroxylation is 1. The highest BCUT2D eigenvalue weighted by Crippen LogP contribution is 2.26. The molecule has 1 N–H and O–H groups in total. The lowest BCUT2D eigenvalue weighted by Gasteiger charge is -2.28. The van der Waals surface area contributed by atoms with Gasteiger partial charge >= 0.3 is 12.1 Å². The monoisotopic (exact) mass is 561 g/mol. The largest absolute Gasteiger partial charge is 0.457 e. The molecule has 41 heavy (non-hydrogen) atoms. The van der Waals surface area contributed by atoms with E-state index in [4.69, 9.17) is 14.3 Å². The molecular weight excluding hydrogens is 526 g/mol. The maximum atomic E-state index is 12.8. The summed E-state index contributed by atoms with van der Waals surface area (Å²) in [6.45, 7) is 5.11. The molecule has 0 heterocycles. The van der Waals surface area contributed by atoms with Gasteiger partial charge in [-0.1, -0.05) is 30.3 Å². The van der Waals surface area contributed by atoms with Crippen LogP contribution in [0, 0.1) is 0 Å². The maximum absolute atomic E-state index is 12.8. The summed E-state index contributed by atoms with van der Waals surface area (Å²) in [5.74, 6) is -0.184. The first kappa shape index (κ1) is 30.7. The Balaban J connectivity index is 1.54. The van der Waals surface area contributed by atoms with Crippen molar-refractivity contribution in [3.05, 3.63) is 90.0 Å². The predicted molar refractivity (Wildman–Crippen MR) is 154 cm³/mol. The lowest BCUT2D eigenvalue weighted by molar-refractivity contribution is -0.130. The molecular formula is C31H35N3O7. The van der Waals surface area contributed by atoms with E-state index in [0.29, 0.717) is 29.2 Å². The number of nitrogens with zero attached hydrogens (tertiary/aromatic N) is 2. The molecule has 0 aliphatic carbocycles. The molecule has 0 unspecified atom stereocenters. The van der Waals surface area contributed by atoms with Crippen LogP contribution in [0.5, 0.6) is 11.5 Å². The highest BCUT2D eigenvalue weighted by molar-refractivity contribution is 5.95. The van der Waals surface area contributed by atoms with E-state index in [1.54, 1.807) is 102 Å². The molecule has 3 aromatic carbocycles. The molecule has 3 aromatic rings. The van der Waals surface area contributed by atoms with Crippen molar-refractivity contribution in [2.24, 2.45) is 0 Å². The first-order valence-electron chi connectivity index (χ1n) is 13.0. The molecule has 0 aliphatic heterocycles. The number of anilines is 1. The molecule has 0 saturated carbocycles. The van der Waals surface area contributed by atoms with Gasteiger partial charge in [-0.05, 0) is 81.3 Å². The van der Waals surface area contributed by atoms with Crippen molar-refractivity contribution in [1.29, 1.82) is 0 Å². The molecule has 0 spiro atoms. The van der Waals surface area contributed by atoms with E-state index in [1.807, 2.05) is 12.1 Å². The summed E-state index contributed by atoms with van der Waals surface area (Å²) in [5.41, 5.74) is 3.19. The van der Waals surface area contributed by atoms with Gasteiger partial charge in [0.1, 0.15) is 23.6 Å². The van der Waals surface area contributed by atoms with Gasteiger partial charge in [-0.2, -0.15) is 5.48 Å². The number of likely N-dealkylation sites (N-methyl/N-ethyl adjacent to an activating group) is 1. The lowest BCUT2D eigenvalue weighted by Crippen LogP contribution is -2.43. The first-order chi connectivity index (χ1) is 19.4. The van der Waals surface area contributed by atoms with Crippen molar-refractivity contribution in [2.45, 2.75) is 39.2 Å². The minimum absolute atomic E-state index is 0.133. The highest BCUT2D eigenvalue weighted by atomic mass is 16.7. The van der Waals surface area contributed by atoms with E-state index in [-0.39, 0.29) is 18.9 Å². The number of ether oxygens (including phenoxy) is 2. The molecule has 0 radical (unpaired) electrons. The molecule has 10 heteroatoms. The Morgan fingerprint density at radius 2 is 1.39 bits per heavy atom. The molecule has 0 aromatic heterocycles. The second-order valence-electron chi connectivity index (χ2n) is 10.4. The van der Waals surface area contributed by atoms with Crippen LogP contribution in [-0.2, 0) is 25.6 Å². The zero-order chi connectivity index (χ0) is 30.0. The summed E-state index contributed by atoms with van der Waals surface area (Å²) in [6.07, 6.45) is -0.0515. The molecule has 0 bridgehead atoms. The fourth-order valence-electron chi connectivity index (χ4n) is 3.45. The Hall–Kier alpha value is -4.86. The summed E-state index contributed by atoms with van der Waals surface area (Å²) >= 11 is 0. The quantitative estimate of drug-likeness (QED) is 0.360. The van der Waals surface area contributed by atoms with E-state index in [1.165, 1.54) is 9.80 Å². The fourth-order valence-corrected chi connectivity index (χ4v) is 3.45. The second kappa shape index (κ2) is 14.0. The smallest absolute Gasteiger partial charge is 0.415 e. The van der Waals surface area contributed by atoms with Crippen LogP contribution in [0.15, 0.2) is 78.9 Å². The third-order valence-electron chi connectivity index (χ3n) is 5.62. The highest BCUT2D eigenvalue weighted by Gasteiger charge is 2.26. The number of hydrogen-bond donors (Lipinski definition) is 1. The van der Waals surface area contributed by atoms with E-state index in [9.17, 15) is 19.2 Å². The van der Waals surface area contributed by atoms with Gasteiger partial charge in [0, 0.05) is 26.2 Å². The summed E-state index contributed by atoms with van der Waals surface area (Å²) in [7, 11) is 3.24. The zero-order valence-corrected chi connectivity index (χ0v) is 23.9. The van der Waals surface area contributed by atoms with E-state index in [0.717, 1.165) is 5.56 Å². The summed E-state index contributed by atoms with van der Waals surface area (Å²) < 4.78 is 11.4. The van der Waals surface area contributed by atoms with E-state index >= 15 is 0 Å². The number of carbonyl (C=O) groups is 4. The third kappa shape index (κ3) is 9.99. The Kier molecular flexibility index (Phi) is 10.5. The first-order valence-corrected chi connectivity index (χ1v) is 13.0. The van der Waals surface area contributed by atoms with Crippen LogP contribution >= 0.6 is 0 Å². The van der Waals surface area contributed by atoms with Gasteiger partial charge in [0.2, 0.25) is 5.91 Å². The number of nitrogens with one attached hydrogen (secondary N) is 1. The number of amides is 3. The number of rotatable bonds is 9. The summed E-state index contributed by atoms with van der Waals surface area (Å²) in [5, 5.41) is 0. The van der Waals surface area contributed by atoms with Crippen molar-refractivity contribution in [3.63, 3.8) is 0 Å². The average molecular weight is 562 g/mol. The van der Waals surface area contributed by atoms with Gasteiger partial charge in [0.05, 0.1) is 5.56 Å². The van der Waals surface area contributed by atoms with Crippen molar-refractivity contribution in [1.82, 2.24) is 10.4 Å². The van der Waals surface area contributed by atoms with E-state index < -0.39 is 23.6 Å². The van der Waals surface area contributed by atoms with Crippen LogP contribution in [0.2, 0.25) is 0 Å². The molecule has 0 fully saturated rings. The minimum Gasteiger partial charge on any atom is -0.457 e. The Morgan fingerprint density at radius 1 is 0.805 bits per heavy atom. The van der Waals surface area contributed by atoms with Gasteiger partial charge in [-0.3, -0.25) is 14.5 Å². The fraction of sp³-hybridized carbons (Fsp3) is 0.290. The van der Waals surface area contributed by atoms with Crippen LogP contribution in [-0.4, -0.2) is 55.0 Å². The Labute approximate surface area is 239 Å². The third-order valence-corrected chi connectivity index (χ3v) is 5.62. The minimum atomic E-state index is -0.718. The number of hydroxylamine groups is 1. The van der Waals surface area contributed by atoms with Crippen LogP contribution < -0.4 is 15.1 Å². The zero-order valence-electron chi connectivity index (χ0n) is 23.9. The summed E-state index contributed by atoms with van der Waals surface area (Å²) in [4.78, 5) is 56.7. The number of hydrogen-bond acceptors (Lipinski definition) is 7. The molecule has 0 saturated heterocycles. The Morgan fingerprint density at radius 3 is 1.95 bits per heavy atom. The van der Waals surface area contributed by atoms with Crippen LogP contribution in [0.3, 0.4) is 0 Å². The number of carbonyl (C=O) groups excluding carboxylic acids is 4. The van der Waals surface area contributed by atoms with Crippen LogP contribution in [0.1, 0.15) is 43.1 Å². The van der Waals surface area contributed by atoms with E-state index in [2.05, 4.69) is 5.48 Å². The molecule has 0 atom stereocenters. The summed E-state index contributed by atoms with van der Waals surface area (Å²) in [6, 6.07) is 22.4. The number of benzene rings is 3. The average Bonchev–Trinajstić information content (AvgIpc) is 2.94. The van der Waals surface area contributed by atoms with Gasteiger partial charge in [-0.25, -0.2) is 9.59 Å². The molecule has 0 aliphatic rings. The Bertz CT molecular complexity index is 1330. The standard InChI is InChI=1S/C31H35N3O7/c1-31(2,3)40-30(38)34(21-28(36)33(4)5)24-14-18-26(19-15-24)39-25-16-11-22(12-17-25)13-20-27(35)32-41-29(37)23-9-7-6-8-10-23/h6-12,14-19H,13,20-21H2,1-5H3,(H,32,35). The van der Waals surface area contributed by atoms with Gasteiger partial charge in [0.25, 0.3) is 5.91 Å². The van der Waals surface area contributed by atoms with Crippen LogP contribution in [0.4, 0.5) is 10.5 Å². The molecule has 3 rings (SSSR count).